The van der Waals surface area contributed by atoms with E-state index in [9.17, 15) is 0 Å². The highest BCUT2D eigenvalue weighted by Gasteiger charge is 1.97. The first kappa shape index (κ1) is 10.3. The number of nitrogens with one attached hydrogen (secondary N) is 1. The molecule has 1 aromatic carbocycles. The SMILES string of the molecule is CC(=N)SCc1ccc(C)c(C)c1. The quantitative estimate of drug-likeness (QED) is 0.563. The first-order chi connectivity index (χ1) is 6.09. The minimum atomic E-state index is 0.679. The van der Waals surface area contributed by atoms with Crippen LogP contribution in [0.15, 0.2) is 18.2 Å². The number of hydrogen-bond acceptors (Lipinski definition) is 2. The van der Waals surface area contributed by atoms with Gasteiger partial charge in [0.25, 0.3) is 0 Å². The van der Waals surface area contributed by atoms with Gasteiger partial charge in [0.1, 0.15) is 0 Å². The summed E-state index contributed by atoms with van der Waals surface area (Å²) in [5, 5.41) is 7.98. The molecule has 1 aromatic rings. The lowest BCUT2D eigenvalue weighted by molar-refractivity contribution is 1.29. The van der Waals surface area contributed by atoms with E-state index >= 15 is 0 Å². The van der Waals surface area contributed by atoms with Crippen LogP contribution < -0.4 is 0 Å². The Bertz CT molecular complexity index is 318. The Morgan fingerprint density at radius 3 is 2.54 bits per heavy atom. The predicted octanol–water partition coefficient (Wildman–Crippen LogP) is 3.53. The van der Waals surface area contributed by atoms with Gasteiger partial charge in [-0.15, -0.1) is 11.8 Å². The summed E-state index contributed by atoms with van der Waals surface area (Å²) < 4.78 is 0. The van der Waals surface area contributed by atoms with Crippen molar-refractivity contribution in [3.8, 4) is 0 Å². The number of hydrogen-bond donors (Lipinski definition) is 1. The molecular formula is C11H15NS. The fourth-order valence-electron chi connectivity index (χ4n) is 1.08. The van der Waals surface area contributed by atoms with Gasteiger partial charge in [0.05, 0.1) is 5.04 Å². The summed E-state index contributed by atoms with van der Waals surface area (Å²) in [7, 11) is 0. The normalized spacial score (nSPS) is 10.1. The van der Waals surface area contributed by atoms with E-state index in [1.807, 2.05) is 6.92 Å². The van der Waals surface area contributed by atoms with E-state index < -0.39 is 0 Å². The lowest BCUT2D eigenvalue weighted by Crippen LogP contribution is -1.87. The largest absolute Gasteiger partial charge is 0.299 e. The van der Waals surface area contributed by atoms with E-state index in [0.717, 1.165) is 5.75 Å². The van der Waals surface area contributed by atoms with Gasteiger partial charge >= 0.3 is 0 Å². The van der Waals surface area contributed by atoms with Crippen molar-refractivity contribution in [2.75, 3.05) is 0 Å². The molecule has 13 heavy (non-hydrogen) atoms. The van der Waals surface area contributed by atoms with Gasteiger partial charge in [-0.1, -0.05) is 18.2 Å². The highest BCUT2D eigenvalue weighted by atomic mass is 32.2. The molecule has 0 atom stereocenters. The van der Waals surface area contributed by atoms with E-state index in [1.54, 1.807) is 11.8 Å². The zero-order valence-electron chi connectivity index (χ0n) is 8.35. The van der Waals surface area contributed by atoms with Crippen LogP contribution in [0.5, 0.6) is 0 Å². The Hall–Kier alpha value is -0.760. The van der Waals surface area contributed by atoms with Crippen LogP contribution in [0, 0.1) is 19.3 Å². The molecule has 0 radical (unpaired) electrons. The highest BCUT2D eigenvalue weighted by molar-refractivity contribution is 8.13. The zero-order valence-corrected chi connectivity index (χ0v) is 9.16. The third kappa shape index (κ3) is 3.23. The Labute approximate surface area is 84.1 Å². The summed E-state index contributed by atoms with van der Waals surface area (Å²) in [5.74, 6) is 0.913. The van der Waals surface area contributed by atoms with E-state index in [-0.39, 0.29) is 0 Å². The Morgan fingerprint density at radius 2 is 2.00 bits per heavy atom. The maximum atomic E-state index is 7.30. The smallest absolute Gasteiger partial charge is 0.0613 e. The van der Waals surface area contributed by atoms with Crippen LogP contribution in [0.25, 0.3) is 0 Å². The summed E-state index contributed by atoms with van der Waals surface area (Å²) in [6.07, 6.45) is 0. The first-order valence-electron chi connectivity index (χ1n) is 4.33. The fraction of sp³-hybridized carbons (Fsp3) is 0.364. The molecule has 0 aliphatic rings. The van der Waals surface area contributed by atoms with Gasteiger partial charge in [0, 0.05) is 5.75 Å². The van der Waals surface area contributed by atoms with E-state index in [1.165, 1.54) is 16.7 Å². The molecule has 0 aromatic heterocycles. The fourth-order valence-corrected chi connectivity index (χ4v) is 1.65. The molecule has 0 heterocycles. The lowest BCUT2D eigenvalue weighted by atomic mass is 10.1. The van der Waals surface area contributed by atoms with Gasteiger partial charge in [-0.3, -0.25) is 5.41 Å². The molecule has 0 aliphatic heterocycles. The van der Waals surface area contributed by atoms with Gasteiger partial charge in [-0.2, -0.15) is 0 Å². The third-order valence-electron chi connectivity index (χ3n) is 2.03. The number of aryl methyl sites for hydroxylation is 2. The Kier molecular flexibility index (Phi) is 3.55. The van der Waals surface area contributed by atoms with E-state index in [0.29, 0.717) is 5.04 Å². The number of thioether (sulfide) groups is 1. The molecule has 0 unspecified atom stereocenters. The van der Waals surface area contributed by atoms with Crippen molar-refractivity contribution in [3.63, 3.8) is 0 Å². The van der Waals surface area contributed by atoms with Gasteiger partial charge in [0.2, 0.25) is 0 Å². The van der Waals surface area contributed by atoms with Gasteiger partial charge < -0.3 is 0 Å². The second kappa shape index (κ2) is 4.47. The van der Waals surface area contributed by atoms with Crippen molar-refractivity contribution in [1.29, 1.82) is 5.41 Å². The molecule has 1 rings (SSSR count). The van der Waals surface area contributed by atoms with Crippen molar-refractivity contribution in [2.24, 2.45) is 0 Å². The first-order valence-corrected chi connectivity index (χ1v) is 5.32. The molecule has 1 nitrogen and oxygen atoms in total. The molecule has 0 amide bonds. The number of benzene rings is 1. The monoisotopic (exact) mass is 193 g/mol. The Morgan fingerprint density at radius 1 is 1.31 bits per heavy atom. The molecule has 2 heteroatoms. The number of rotatable bonds is 2. The minimum Gasteiger partial charge on any atom is -0.299 e. The molecule has 0 saturated heterocycles. The second-order valence-electron chi connectivity index (χ2n) is 3.26. The molecule has 0 aliphatic carbocycles. The van der Waals surface area contributed by atoms with Crippen molar-refractivity contribution in [2.45, 2.75) is 26.5 Å². The molecular weight excluding hydrogens is 178 g/mol. The maximum Gasteiger partial charge on any atom is 0.0613 e. The Balaban J connectivity index is 2.68. The van der Waals surface area contributed by atoms with Crippen LogP contribution in [0.1, 0.15) is 23.6 Å². The van der Waals surface area contributed by atoms with Gasteiger partial charge in [-0.05, 0) is 37.5 Å². The summed E-state index contributed by atoms with van der Waals surface area (Å²) >= 11 is 1.58. The van der Waals surface area contributed by atoms with Crippen LogP contribution in [0.2, 0.25) is 0 Å². The molecule has 0 fully saturated rings. The highest BCUT2D eigenvalue weighted by Crippen LogP contribution is 2.16. The topological polar surface area (TPSA) is 23.9 Å². The second-order valence-corrected chi connectivity index (χ2v) is 4.45. The van der Waals surface area contributed by atoms with E-state index in [4.69, 9.17) is 5.41 Å². The van der Waals surface area contributed by atoms with Crippen LogP contribution in [-0.2, 0) is 5.75 Å². The maximum absolute atomic E-state index is 7.30. The molecule has 70 valence electrons. The average Bonchev–Trinajstić information content (AvgIpc) is 2.07. The van der Waals surface area contributed by atoms with Crippen LogP contribution in [-0.4, -0.2) is 5.04 Å². The summed E-state index contributed by atoms with van der Waals surface area (Å²) in [5.41, 5.74) is 3.97. The molecule has 0 bridgehead atoms. The predicted molar refractivity (Wildman–Crippen MR) is 60.6 cm³/mol. The lowest BCUT2D eigenvalue weighted by Gasteiger charge is -2.04. The third-order valence-corrected chi connectivity index (χ3v) is 2.94. The summed E-state index contributed by atoms with van der Waals surface area (Å²) in [6, 6.07) is 6.48. The minimum absolute atomic E-state index is 0.679. The average molecular weight is 193 g/mol. The molecule has 1 N–H and O–H groups in total. The standard InChI is InChI=1S/C11H15NS/c1-8-4-5-11(6-9(8)2)7-13-10(3)12/h4-6,12H,7H2,1-3H3. The van der Waals surface area contributed by atoms with Crippen molar-refractivity contribution in [1.82, 2.24) is 0 Å². The molecule has 0 spiro atoms. The van der Waals surface area contributed by atoms with Crippen LogP contribution >= 0.6 is 11.8 Å². The van der Waals surface area contributed by atoms with E-state index in [2.05, 4.69) is 32.0 Å². The van der Waals surface area contributed by atoms with Crippen molar-refractivity contribution in [3.05, 3.63) is 34.9 Å². The van der Waals surface area contributed by atoms with Gasteiger partial charge in [0.15, 0.2) is 0 Å². The summed E-state index contributed by atoms with van der Waals surface area (Å²) in [6.45, 7) is 6.07. The summed E-state index contributed by atoms with van der Waals surface area (Å²) in [4.78, 5) is 0. The zero-order chi connectivity index (χ0) is 9.84. The van der Waals surface area contributed by atoms with Crippen molar-refractivity contribution < 1.29 is 0 Å². The molecule has 0 saturated carbocycles. The van der Waals surface area contributed by atoms with Gasteiger partial charge in [-0.25, -0.2) is 0 Å². The van der Waals surface area contributed by atoms with Crippen LogP contribution in [0.4, 0.5) is 0 Å². The van der Waals surface area contributed by atoms with Crippen LogP contribution in [0.3, 0.4) is 0 Å². The van der Waals surface area contributed by atoms with Crippen molar-refractivity contribution >= 4 is 16.8 Å².